The molecular formula is C22H24N4O5S2. The highest BCUT2D eigenvalue weighted by Crippen LogP contribution is 2.29. The number of furan rings is 1. The Kier molecular flexibility index (Phi) is 7.29. The van der Waals surface area contributed by atoms with Gasteiger partial charge in [-0.1, -0.05) is 23.1 Å². The summed E-state index contributed by atoms with van der Waals surface area (Å²) in [7, 11) is 0. The number of fused-ring (bicyclic) bond motifs is 1. The van der Waals surface area contributed by atoms with Crippen molar-refractivity contribution < 1.29 is 18.7 Å². The molecule has 11 heteroatoms. The number of esters is 1. The summed E-state index contributed by atoms with van der Waals surface area (Å²) >= 11 is 2.33. The zero-order valence-electron chi connectivity index (χ0n) is 18.4. The molecule has 9 nitrogen and oxygen atoms in total. The van der Waals surface area contributed by atoms with E-state index in [4.69, 9.17) is 9.15 Å². The molecule has 1 aliphatic carbocycles. The number of thiazole rings is 1. The lowest BCUT2D eigenvalue weighted by molar-refractivity contribution is -0.113. The van der Waals surface area contributed by atoms with Crippen molar-refractivity contribution in [3.8, 4) is 0 Å². The first-order valence-electron chi connectivity index (χ1n) is 10.7. The molecule has 0 spiro atoms. The molecule has 0 aromatic carbocycles. The van der Waals surface area contributed by atoms with Gasteiger partial charge in [-0.2, -0.15) is 4.98 Å². The third-order valence-corrected chi connectivity index (χ3v) is 7.26. The van der Waals surface area contributed by atoms with Crippen LogP contribution in [-0.4, -0.2) is 38.8 Å². The lowest BCUT2D eigenvalue weighted by Crippen LogP contribution is -2.30. The SMILES string of the molecule is CCOC(=O)c1sc(NC(=O)CSc2nc(=O)n(Cc3ccco3)c3c2CCCC3)nc1C. The molecule has 174 valence electrons. The van der Waals surface area contributed by atoms with Crippen molar-refractivity contribution in [1.82, 2.24) is 14.5 Å². The number of anilines is 1. The highest BCUT2D eigenvalue weighted by Gasteiger charge is 2.22. The predicted molar refractivity (Wildman–Crippen MR) is 125 cm³/mol. The van der Waals surface area contributed by atoms with Gasteiger partial charge in [0.2, 0.25) is 5.91 Å². The Labute approximate surface area is 198 Å². The number of amides is 1. The van der Waals surface area contributed by atoms with Crippen LogP contribution in [0.2, 0.25) is 0 Å². The van der Waals surface area contributed by atoms with Crippen molar-refractivity contribution in [3.63, 3.8) is 0 Å². The van der Waals surface area contributed by atoms with Crippen LogP contribution in [0, 0.1) is 6.92 Å². The van der Waals surface area contributed by atoms with Crippen LogP contribution < -0.4 is 11.0 Å². The van der Waals surface area contributed by atoms with Gasteiger partial charge in [-0.05, 0) is 51.7 Å². The van der Waals surface area contributed by atoms with Crippen LogP contribution in [0.15, 0.2) is 32.6 Å². The Morgan fingerprint density at radius 2 is 2.12 bits per heavy atom. The van der Waals surface area contributed by atoms with Crippen LogP contribution in [0.4, 0.5) is 5.13 Å². The van der Waals surface area contributed by atoms with E-state index in [2.05, 4.69) is 15.3 Å². The van der Waals surface area contributed by atoms with E-state index in [-0.39, 0.29) is 24.0 Å². The van der Waals surface area contributed by atoms with Crippen LogP contribution >= 0.6 is 23.1 Å². The Morgan fingerprint density at radius 1 is 1.30 bits per heavy atom. The molecule has 3 aromatic rings. The van der Waals surface area contributed by atoms with E-state index < -0.39 is 5.97 Å². The van der Waals surface area contributed by atoms with Crippen molar-refractivity contribution in [2.75, 3.05) is 17.7 Å². The van der Waals surface area contributed by atoms with Gasteiger partial charge < -0.3 is 14.5 Å². The number of carbonyl (C=O) groups is 2. The predicted octanol–water partition coefficient (Wildman–Crippen LogP) is 3.44. The standard InChI is InChI=1S/C22H24N4O5S2/c1-3-30-20(28)18-13(2)23-21(33-18)24-17(27)12-32-19-15-8-4-5-9-16(15)26(22(29)25-19)11-14-7-6-10-31-14/h6-7,10H,3-5,8-9,11-12H2,1-2H3,(H,23,24,27). The maximum atomic E-state index is 12.8. The summed E-state index contributed by atoms with van der Waals surface area (Å²) in [5.41, 5.74) is 2.16. The average molecular weight is 489 g/mol. The molecule has 0 radical (unpaired) electrons. The molecule has 0 fully saturated rings. The van der Waals surface area contributed by atoms with Gasteiger partial charge in [0.1, 0.15) is 15.7 Å². The first kappa shape index (κ1) is 23.2. The number of aromatic nitrogens is 3. The van der Waals surface area contributed by atoms with E-state index in [9.17, 15) is 14.4 Å². The first-order valence-corrected chi connectivity index (χ1v) is 12.5. The first-order chi connectivity index (χ1) is 16.0. The third kappa shape index (κ3) is 5.36. The monoisotopic (exact) mass is 488 g/mol. The molecule has 1 N–H and O–H groups in total. The summed E-state index contributed by atoms with van der Waals surface area (Å²) in [5, 5.41) is 3.66. The fourth-order valence-electron chi connectivity index (χ4n) is 3.71. The Bertz CT molecular complexity index is 1220. The summed E-state index contributed by atoms with van der Waals surface area (Å²) in [6.07, 6.45) is 5.22. The van der Waals surface area contributed by atoms with Gasteiger partial charge in [0, 0.05) is 11.3 Å². The minimum Gasteiger partial charge on any atom is -0.467 e. The molecule has 4 rings (SSSR count). The van der Waals surface area contributed by atoms with Crippen molar-refractivity contribution in [1.29, 1.82) is 0 Å². The van der Waals surface area contributed by atoms with Crippen molar-refractivity contribution in [2.45, 2.75) is 51.1 Å². The fraction of sp³-hybridized carbons (Fsp3) is 0.409. The number of thioether (sulfide) groups is 1. The zero-order valence-corrected chi connectivity index (χ0v) is 20.0. The quantitative estimate of drug-likeness (QED) is 0.291. The van der Waals surface area contributed by atoms with E-state index in [1.807, 2.05) is 6.07 Å². The van der Waals surface area contributed by atoms with E-state index in [1.165, 1.54) is 11.8 Å². The smallest absolute Gasteiger partial charge is 0.350 e. The lowest BCUT2D eigenvalue weighted by atomic mass is 9.97. The van der Waals surface area contributed by atoms with Crippen LogP contribution in [0.5, 0.6) is 0 Å². The molecule has 1 aliphatic rings. The summed E-state index contributed by atoms with van der Waals surface area (Å²) in [5.74, 6) is 0.0463. The Morgan fingerprint density at radius 3 is 2.88 bits per heavy atom. The second-order valence-corrected chi connectivity index (χ2v) is 9.45. The molecular weight excluding hydrogens is 464 g/mol. The molecule has 1 amide bonds. The third-order valence-electron chi connectivity index (χ3n) is 5.19. The summed E-state index contributed by atoms with van der Waals surface area (Å²) < 4.78 is 12.1. The number of hydrogen-bond donors (Lipinski definition) is 1. The van der Waals surface area contributed by atoms with Gasteiger partial charge in [0.15, 0.2) is 5.13 Å². The Balaban J connectivity index is 1.47. The number of aryl methyl sites for hydroxylation is 1. The van der Waals surface area contributed by atoms with E-state index in [0.717, 1.165) is 48.3 Å². The van der Waals surface area contributed by atoms with Crippen LogP contribution in [-0.2, 0) is 28.9 Å². The molecule has 0 aliphatic heterocycles. The van der Waals surface area contributed by atoms with E-state index in [1.54, 1.807) is 30.7 Å². The second kappa shape index (κ2) is 10.3. The van der Waals surface area contributed by atoms with Crippen LogP contribution in [0.1, 0.15) is 52.1 Å². The molecule has 0 atom stereocenters. The average Bonchev–Trinajstić information content (AvgIpc) is 3.44. The number of ether oxygens (including phenoxy) is 1. The Hall–Kier alpha value is -2.92. The molecule has 0 saturated carbocycles. The fourth-order valence-corrected chi connectivity index (χ4v) is 5.47. The van der Waals surface area contributed by atoms with Crippen LogP contribution in [0.25, 0.3) is 0 Å². The van der Waals surface area contributed by atoms with Gasteiger partial charge in [0.25, 0.3) is 0 Å². The minimum absolute atomic E-state index is 0.0778. The van der Waals surface area contributed by atoms with Gasteiger partial charge in [0.05, 0.1) is 30.9 Å². The van der Waals surface area contributed by atoms with Crippen molar-refractivity contribution >= 4 is 40.1 Å². The second-order valence-electron chi connectivity index (χ2n) is 7.49. The maximum Gasteiger partial charge on any atom is 0.350 e. The highest BCUT2D eigenvalue weighted by molar-refractivity contribution is 8.00. The molecule has 0 saturated heterocycles. The number of nitrogens with zero attached hydrogens (tertiary/aromatic N) is 3. The molecule has 0 bridgehead atoms. The summed E-state index contributed by atoms with van der Waals surface area (Å²) in [6.45, 7) is 4.04. The van der Waals surface area contributed by atoms with E-state index in [0.29, 0.717) is 33.0 Å². The van der Waals surface area contributed by atoms with Crippen LogP contribution in [0.3, 0.4) is 0 Å². The van der Waals surface area contributed by atoms with Gasteiger partial charge >= 0.3 is 11.7 Å². The number of carbonyl (C=O) groups excluding carboxylic acids is 2. The van der Waals surface area contributed by atoms with Gasteiger partial charge in [-0.3, -0.25) is 9.36 Å². The normalized spacial score (nSPS) is 12.9. The lowest BCUT2D eigenvalue weighted by Gasteiger charge is -2.22. The van der Waals surface area contributed by atoms with Crippen molar-refractivity contribution in [2.24, 2.45) is 0 Å². The van der Waals surface area contributed by atoms with Gasteiger partial charge in [-0.25, -0.2) is 14.6 Å². The highest BCUT2D eigenvalue weighted by atomic mass is 32.2. The molecule has 0 unspecified atom stereocenters. The van der Waals surface area contributed by atoms with Gasteiger partial charge in [-0.15, -0.1) is 0 Å². The summed E-state index contributed by atoms with van der Waals surface area (Å²) in [6, 6.07) is 3.63. The molecule has 3 heterocycles. The van der Waals surface area contributed by atoms with E-state index >= 15 is 0 Å². The largest absolute Gasteiger partial charge is 0.467 e. The molecule has 33 heavy (non-hydrogen) atoms. The zero-order chi connectivity index (χ0) is 23.4. The summed E-state index contributed by atoms with van der Waals surface area (Å²) in [4.78, 5) is 46.2. The number of nitrogens with one attached hydrogen (secondary N) is 1. The number of hydrogen-bond acceptors (Lipinski definition) is 9. The maximum absolute atomic E-state index is 12.8. The number of rotatable bonds is 8. The topological polar surface area (TPSA) is 116 Å². The molecule has 3 aromatic heterocycles. The minimum atomic E-state index is -0.451. The van der Waals surface area contributed by atoms with Crippen molar-refractivity contribution in [3.05, 3.63) is 56.5 Å².